The second kappa shape index (κ2) is 8.74. The number of amides is 1. The van der Waals surface area contributed by atoms with Crippen molar-refractivity contribution < 1.29 is 9.53 Å². The summed E-state index contributed by atoms with van der Waals surface area (Å²) >= 11 is 0. The van der Waals surface area contributed by atoms with E-state index in [9.17, 15) is 4.79 Å². The fourth-order valence-electron chi connectivity index (χ4n) is 1.83. The lowest BCUT2D eigenvalue weighted by Crippen LogP contribution is -2.32. The minimum Gasteiger partial charge on any atom is -0.437 e. The van der Waals surface area contributed by atoms with E-state index >= 15 is 0 Å². The number of benzene rings is 1. The summed E-state index contributed by atoms with van der Waals surface area (Å²) in [5, 5.41) is 6.10. The third-order valence-electron chi connectivity index (χ3n) is 2.87. The highest BCUT2D eigenvalue weighted by atomic mass is 16.5. The lowest BCUT2D eigenvalue weighted by atomic mass is 10.2. The van der Waals surface area contributed by atoms with Gasteiger partial charge in [-0.1, -0.05) is 13.0 Å². The Morgan fingerprint density at radius 1 is 1.23 bits per heavy atom. The molecular formula is C16H20N4O2. The molecule has 2 N–H and O–H groups in total. The molecule has 0 atom stereocenters. The number of nitrogens with one attached hydrogen (secondary N) is 2. The molecular weight excluding hydrogens is 280 g/mol. The van der Waals surface area contributed by atoms with E-state index < -0.39 is 0 Å². The summed E-state index contributed by atoms with van der Waals surface area (Å²) in [5.41, 5.74) is 0.553. The molecule has 6 nitrogen and oxygen atoms in total. The molecule has 0 bridgehead atoms. The average Bonchev–Trinajstić information content (AvgIpc) is 2.56. The molecule has 2 rings (SSSR count). The molecule has 0 aliphatic rings. The Labute approximate surface area is 129 Å². The van der Waals surface area contributed by atoms with E-state index in [1.807, 2.05) is 0 Å². The Bertz CT molecular complexity index is 590. The summed E-state index contributed by atoms with van der Waals surface area (Å²) in [5.74, 6) is 0.823. The second-order valence-electron chi connectivity index (χ2n) is 4.68. The molecule has 0 radical (unpaired) electrons. The van der Waals surface area contributed by atoms with E-state index in [2.05, 4.69) is 27.5 Å². The topological polar surface area (TPSA) is 76.1 Å². The molecule has 0 saturated heterocycles. The van der Waals surface area contributed by atoms with Gasteiger partial charge >= 0.3 is 0 Å². The lowest BCUT2D eigenvalue weighted by molar-refractivity contribution is 0.0953. The van der Waals surface area contributed by atoms with Gasteiger partial charge in [0.05, 0.1) is 6.20 Å². The number of carbonyl (C=O) groups excluding carboxylic acids is 1. The molecule has 6 heteroatoms. The molecule has 22 heavy (non-hydrogen) atoms. The van der Waals surface area contributed by atoms with Crippen LogP contribution in [0.4, 0.5) is 0 Å². The third-order valence-corrected chi connectivity index (χ3v) is 2.87. The van der Waals surface area contributed by atoms with Crippen molar-refractivity contribution in [3.8, 4) is 11.6 Å². The highest BCUT2D eigenvalue weighted by molar-refractivity contribution is 5.94. The fraction of sp³-hybridized carbons (Fsp3) is 0.312. The van der Waals surface area contributed by atoms with E-state index in [1.165, 1.54) is 6.20 Å². The first-order chi connectivity index (χ1) is 10.8. The van der Waals surface area contributed by atoms with Gasteiger partial charge in [0, 0.05) is 31.0 Å². The predicted molar refractivity (Wildman–Crippen MR) is 84.0 cm³/mol. The molecule has 0 unspecified atom stereocenters. The maximum atomic E-state index is 12.1. The highest BCUT2D eigenvalue weighted by Gasteiger charge is 2.07. The van der Waals surface area contributed by atoms with Gasteiger partial charge in [-0.25, -0.2) is 4.98 Å². The standard InChI is InChI=1S/C16H20N4O2/c1-2-6-17-7-10-20-16(21)13-4-3-5-14(11-13)22-15-12-18-8-9-19-15/h3-5,8-9,11-12,17H,2,6-7,10H2,1H3,(H,20,21). The van der Waals surface area contributed by atoms with Crippen LogP contribution in [0.2, 0.25) is 0 Å². The van der Waals surface area contributed by atoms with E-state index in [1.54, 1.807) is 36.7 Å². The van der Waals surface area contributed by atoms with Crippen LogP contribution in [0.25, 0.3) is 0 Å². The quantitative estimate of drug-likeness (QED) is 0.729. The number of hydrogen-bond donors (Lipinski definition) is 2. The smallest absolute Gasteiger partial charge is 0.251 e. The maximum Gasteiger partial charge on any atom is 0.251 e. The predicted octanol–water partition coefficient (Wildman–Crippen LogP) is 2.00. The fourth-order valence-corrected chi connectivity index (χ4v) is 1.83. The van der Waals surface area contributed by atoms with Crippen LogP contribution in [0.15, 0.2) is 42.9 Å². The zero-order valence-electron chi connectivity index (χ0n) is 12.6. The number of ether oxygens (including phenoxy) is 1. The number of hydrogen-bond acceptors (Lipinski definition) is 5. The van der Waals surface area contributed by atoms with Crippen molar-refractivity contribution in [3.63, 3.8) is 0 Å². The number of carbonyl (C=O) groups is 1. The van der Waals surface area contributed by atoms with E-state index in [4.69, 9.17) is 4.74 Å². The van der Waals surface area contributed by atoms with Gasteiger partial charge in [0.15, 0.2) is 0 Å². The molecule has 1 heterocycles. The van der Waals surface area contributed by atoms with Gasteiger partial charge in [-0.15, -0.1) is 0 Å². The first kappa shape index (κ1) is 15.9. The highest BCUT2D eigenvalue weighted by Crippen LogP contribution is 2.19. The largest absolute Gasteiger partial charge is 0.437 e. The van der Waals surface area contributed by atoms with Crippen LogP contribution in [-0.4, -0.2) is 35.5 Å². The van der Waals surface area contributed by atoms with Gasteiger partial charge in [-0.2, -0.15) is 0 Å². The summed E-state index contributed by atoms with van der Waals surface area (Å²) in [6, 6.07) is 6.98. The van der Waals surface area contributed by atoms with Crippen LogP contribution in [0, 0.1) is 0 Å². The zero-order chi connectivity index (χ0) is 15.6. The first-order valence-electron chi connectivity index (χ1n) is 7.32. The normalized spacial score (nSPS) is 10.2. The molecule has 0 saturated carbocycles. The Morgan fingerprint density at radius 3 is 2.91 bits per heavy atom. The van der Waals surface area contributed by atoms with Crippen LogP contribution in [0.5, 0.6) is 11.6 Å². The molecule has 0 aliphatic carbocycles. The second-order valence-corrected chi connectivity index (χ2v) is 4.68. The monoisotopic (exact) mass is 300 g/mol. The van der Waals surface area contributed by atoms with Gasteiger partial charge in [0.25, 0.3) is 5.91 Å². The molecule has 1 aromatic heterocycles. The summed E-state index contributed by atoms with van der Waals surface area (Å²) in [4.78, 5) is 20.0. The summed E-state index contributed by atoms with van der Waals surface area (Å²) in [7, 11) is 0. The molecule has 0 aliphatic heterocycles. The number of nitrogens with zero attached hydrogens (tertiary/aromatic N) is 2. The Hall–Kier alpha value is -2.47. The van der Waals surface area contributed by atoms with Gasteiger partial charge in [-0.3, -0.25) is 9.78 Å². The van der Waals surface area contributed by atoms with Crippen molar-refractivity contribution in [1.82, 2.24) is 20.6 Å². The molecule has 0 fully saturated rings. The van der Waals surface area contributed by atoms with E-state index in [0.29, 0.717) is 23.7 Å². The van der Waals surface area contributed by atoms with E-state index in [0.717, 1.165) is 19.5 Å². The number of aromatic nitrogens is 2. The molecule has 116 valence electrons. The molecule has 1 amide bonds. The summed E-state index contributed by atoms with van der Waals surface area (Å²) in [6.45, 7) is 4.41. The third kappa shape index (κ3) is 5.14. The maximum absolute atomic E-state index is 12.1. The van der Waals surface area contributed by atoms with Crippen LogP contribution in [0.3, 0.4) is 0 Å². The van der Waals surface area contributed by atoms with Gasteiger partial charge in [-0.05, 0) is 31.2 Å². The van der Waals surface area contributed by atoms with E-state index in [-0.39, 0.29) is 5.91 Å². The Balaban J connectivity index is 1.89. The molecule has 2 aromatic rings. The Morgan fingerprint density at radius 2 is 2.14 bits per heavy atom. The van der Waals surface area contributed by atoms with Crippen molar-refractivity contribution >= 4 is 5.91 Å². The first-order valence-corrected chi connectivity index (χ1v) is 7.32. The molecule has 1 aromatic carbocycles. The van der Waals surface area contributed by atoms with Crippen molar-refractivity contribution in [2.24, 2.45) is 0 Å². The lowest BCUT2D eigenvalue weighted by Gasteiger charge is -2.08. The Kier molecular flexibility index (Phi) is 6.32. The SMILES string of the molecule is CCCNCCNC(=O)c1cccc(Oc2cnccn2)c1. The van der Waals surface area contributed by atoms with Crippen LogP contribution < -0.4 is 15.4 Å². The minimum absolute atomic E-state index is 0.122. The zero-order valence-corrected chi connectivity index (χ0v) is 12.6. The minimum atomic E-state index is -0.122. The van der Waals surface area contributed by atoms with Crippen molar-refractivity contribution in [2.45, 2.75) is 13.3 Å². The van der Waals surface area contributed by atoms with Crippen LogP contribution >= 0.6 is 0 Å². The van der Waals surface area contributed by atoms with Crippen molar-refractivity contribution in [3.05, 3.63) is 48.4 Å². The van der Waals surface area contributed by atoms with Crippen LogP contribution in [-0.2, 0) is 0 Å². The van der Waals surface area contributed by atoms with Gasteiger partial charge in [0.1, 0.15) is 5.75 Å². The van der Waals surface area contributed by atoms with Gasteiger partial charge < -0.3 is 15.4 Å². The average molecular weight is 300 g/mol. The van der Waals surface area contributed by atoms with Crippen LogP contribution in [0.1, 0.15) is 23.7 Å². The summed E-state index contributed by atoms with van der Waals surface area (Å²) < 4.78 is 5.56. The van der Waals surface area contributed by atoms with Gasteiger partial charge in [0.2, 0.25) is 5.88 Å². The summed E-state index contributed by atoms with van der Waals surface area (Å²) in [6.07, 6.45) is 5.72. The van der Waals surface area contributed by atoms with Crippen molar-refractivity contribution in [2.75, 3.05) is 19.6 Å². The number of rotatable bonds is 8. The molecule has 0 spiro atoms. The van der Waals surface area contributed by atoms with Crippen molar-refractivity contribution in [1.29, 1.82) is 0 Å².